The van der Waals surface area contributed by atoms with Gasteiger partial charge < -0.3 is 5.73 Å². The number of anilines is 1. The van der Waals surface area contributed by atoms with E-state index in [2.05, 4.69) is 20.9 Å². The van der Waals surface area contributed by atoms with E-state index in [1.807, 2.05) is 68.6 Å². The SMILES string of the molecule is Cc1cc2c(N(C(N)=O)C(C)c3ccc(Br)cc3)cccc2cn1. The first kappa shape index (κ1) is 16.5. The molecule has 0 saturated heterocycles. The van der Waals surface area contributed by atoms with E-state index in [1.165, 1.54) is 0 Å². The number of fused-ring (bicyclic) bond motifs is 1. The molecule has 3 rings (SSSR count). The van der Waals surface area contributed by atoms with Crippen LogP contribution in [0, 0.1) is 6.92 Å². The summed E-state index contributed by atoms with van der Waals surface area (Å²) < 4.78 is 0.996. The molecule has 0 radical (unpaired) electrons. The lowest BCUT2D eigenvalue weighted by Crippen LogP contribution is -2.38. The van der Waals surface area contributed by atoms with E-state index in [9.17, 15) is 4.79 Å². The van der Waals surface area contributed by atoms with Crippen LogP contribution < -0.4 is 10.6 Å². The second-order valence-corrected chi connectivity index (χ2v) is 6.68. The highest BCUT2D eigenvalue weighted by molar-refractivity contribution is 9.10. The van der Waals surface area contributed by atoms with E-state index in [4.69, 9.17) is 5.73 Å². The van der Waals surface area contributed by atoms with Gasteiger partial charge in [-0.2, -0.15) is 0 Å². The topological polar surface area (TPSA) is 59.2 Å². The minimum atomic E-state index is -0.479. The van der Waals surface area contributed by atoms with Crippen molar-refractivity contribution in [2.45, 2.75) is 19.9 Å². The number of hydrogen-bond donors (Lipinski definition) is 1. The van der Waals surface area contributed by atoms with E-state index in [1.54, 1.807) is 4.90 Å². The quantitative estimate of drug-likeness (QED) is 0.695. The Bertz CT molecular complexity index is 893. The third-order valence-corrected chi connectivity index (χ3v) is 4.64. The molecule has 24 heavy (non-hydrogen) atoms. The molecule has 1 atom stereocenters. The van der Waals surface area contributed by atoms with Crippen molar-refractivity contribution in [1.82, 2.24) is 4.98 Å². The molecule has 122 valence electrons. The number of rotatable bonds is 3. The van der Waals surface area contributed by atoms with Crippen molar-refractivity contribution in [2.75, 3.05) is 4.90 Å². The smallest absolute Gasteiger partial charge is 0.319 e. The van der Waals surface area contributed by atoms with Crippen LogP contribution in [0.3, 0.4) is 0 Å². The highest BCUT2D eigenvalue weighted by atomic mass is 79.9. The fraction of sp³-hybridized carbons (Fsp3) is 0.158. The first-order valence-corrected chi connectivity index (χ1v) is 8.46. The molecule has 3 aromatic rings. The molecule has 0 aliphatic rings. The van der Waals surface area contributed by atoms with Crippen molar-refractivity contribution >= 4 is 38.4 Å². The third-order valence-electron chi connectivity index (χ3n) is 4.11. The van der Waals surface area contributed by atoms with E-state index < -0.39 is 6.03 Å². The number of halogens is 1. The predicted octanol–water partition coefficient (Wildman–Crippen LogP) is 4.95. The standard InChI is InChI=1S/C19H18BrN3O/c1-12-10-17-15(11-22-12)4-3-5-18(17)23(19(21)24)13(2)14-6-8-16(20)9-7-14/h3-11,13H,1-2H3,(H2,21,24). The number of aromatic nitrogens is 1. The molecular formula is C19H18BrN3O. The Kier molecular flexibility index (Phi) is 4.53. The van der Waals surface area contributed by atoms with Crippen molar-refractivity contribution in [2.24, 2.45) is 5.73 Å². The number of carbonyl (C=O) groups is 1. The van der Waals surface area contributed by atoms with Crippen molar-refractivity contribution in [1.29, 1.82) is 0 Å². The molecule has 1 heterocycles. The molecule has 2 aromatic carbocycles. The summed E-state index contributed by atoms with van der Waals surface area (Å²) in [6, 6.07) is 15.0. The number of urea groups is 1. The molecule has 0 aliphatic carbocycles. The maximum Gasteiger partial charge on any atom is 0.319 e. The number of hydrogen-bond acceptors (Lipinski definition) is 2. The zero-order valence-electron chi connectivity index (χ0n) is 13.5. The zero-order chi connectivity index (χ0) is 17.3. The maximum atomic E-state index is 12.2. The van der Waals surface area contributed by atoms with Gasteiger partial charge in [0.2, 0.25) is 0 Å². The number of carbonyl (C=O) groups excluding carboxylic acids is 1. The van der Waals surface area contributed by atoms with Crippen LogP contribution in [0.2, 0.25) is 0 Å². The van der Waals surface area contributed by atoms with Crippen molar-refractivity contribution < 1.29 is 4.79 Å². The second kappa shape index (κ2) is 6.61. The summed E-state index contributed by atoms with van der Waals surface area (Å²) >= 11 is 3.43. The zero-order valence-corrected chi connectivity index (χ0v) is 15.1. The lowest BCUT2D eigenvalue weighted by Gasteiger charge is -2.29. The van der Waals surface area contributed by atoms with Crippen LogP contribution in [-0.4, -0.2) is 11.0 Å². The normalized spacial score (nSPS) is 12.1. The number of benzene rings is 2. The first-order chi connectivity index (χ1) is 11.5. The summed E-state index contributed by atoms with van der Waals surface area (Å²) in [5.41, 5.74) is 8.43. The fourth-order valence-corrected chi connectivity index (χ4v) is 3.14. The molecule has 1 unspecified atom stereocenters. The minimum absolute atomic E-state index is 0.185. The van der Waals surface area contributed by atoms with Gasteiger partial charge in [0, 0.05) is 27.1 Å². The Labute approximate surface area is 149 Å². The minimum Gasteiger partial charge on any atom is -0.351 e. The van der Waals surface area contributed by atoms with Crippen molar-refractivity contribution in [3.8, 4) is 0 Å². The maximum absolute atomic E-state index is 12.2. The Morgan fingerprint density at radius 2 is 1.92 bits per heavy atom. The van der Waals surface area contributed by atoms with Crippen LogP contribution in [0.25, 0.3) is 10.8 Å². The summed E-state index contributed by atoms with van der Waals surface area (Å²) in [4.78, 5) is 18.2. The number of amides is 2. The Morgan fingerprint density at radius 3 is 2.58 bits per heavy atom. The molecule has 2 amide bonds. The molecule has 1 aromatic heterocycles. The highest BCUT2D eigenvalue weighted by Gasteiger charge is 2.23. The molecular weight excluding hydrogens is 366 g/mol. The third kappa shape index (κ3) is 3.12. The molecule has 5 heteroatoms. The van der Waals surface area contributed by atoms with Gasteiger partial charge in [0.05, 0.1) is 11.7 Å². The predicted molar refractivity (Wildman–Crippen MR) is 101 cm³/mol. The van der Waals surface area contributed by atoms with Crippen molar-refractivity contribution in [3.63, 3.8) is 0 Å². The van der Waals surface area contributed by atoms with Crippen LogP contribution in [0.5, 0.6) is 0 Å². The Balaban J connectivity index is 2.13. The summed E-state index contributed by atoms with van der Waals surface area (Å²) in [5.74, 6) is 0. The van der Waals surface area contributed by atoms with Gasteiger partial charge in [0.15, 0.2) is 0 Å². The van der Waals surface area contributed by atoms with Crippen LogP contribution >= 0.6 is 15.9 Å². The Hall–Kier alpha value is -2.40. The lowest BCUT2D eigenvalue weighted by atomic mass is 10.0. The van der Waals surface area contributed by atoms with Crippen molar-refractivity contribution in [3.05, 3.63) is 70.5 Å². The summed E-state index contributed by atoms with van der Waals surface area (Å²) in [7, 11) is 0. The summed E-state index contributed by atoms with van der Waals surface area (Å²) in [5, 5.41) is 1.94. The van der Waals surface area contributed by atoms with E-state index in [-0.39, 0.29) is 6.04 Å². The monoisotopic (exact) mass is 383 g/mol. The van der Waals surface area contributed by atoms with Crippen LogP contribution in [0.4, 0.5) is 10.5 Å². The number of nitrogens with two attached hydrogens (primary N) is 1. The highest BCUT2D eigenvalue weighted by Crippen LogP contribution is 2.33. The van der Waals surface area contributed by atoms with Gasteiger partial charge in [-0.15, -0.1) is 0 Å². The van der Waals surface area contributed by atoms with Gasteiger partial charge in [-0.3, -0.25) is 9.88 Å². The average Bonchev–Trinajstić information content (AvgIpc) is 2.55. The van der Waals surface area contributed by atoms with Gasteiger partial charge >= 0.3 is 6.03 Å². The second-order valence-electron chi connectivity index (χ2n) is 5.76. The molecule has 0 spiro atoms. The van der Waals surface area contributed by atoms with E-state index in [0.717, 1.165) is 32.2 Å². The van der Waals surface area contributed by atoms with E-state index >= 15 is 0 Å². The van der Waals surface area contributed by atoms with Crippen LogP contribution in [-0.2, 0) is 0 Å². The molecule has 0 aliphatic heterocycles. The fourth-order valence-electron chi connectivity index (χ4n) is 2.88. The van der Waals surface area contributed by atoms with Crippen LogP contribution in [0.1, 0.15) is 24.2 Å². The molecule has 4 nitrogen and oxygen atoms in total. The number of pyridine rings is 1. The molecule has 0 fully saturated rings. The molecule has 2 N–H and O–H groups in total. The largest absolute Gasteiger partial charge is 0.351 e. The van der Waals surface area contributed by atoms with Gasteiger partial charge in [0.25, 0.3) is 0 Å². The molecule has 0 saturated carbocycles. The number of aryl methyl sites for hydroxylation is 1. The van der Waals surface area contributed by atoms with Gasteiger partial charge in [0.1, 0.15) is 0 Å². The van der Waals surface area contributed by atoms with Crippen LogP contribution in [0.15, 0.2) is 59.2 Å². The molecule has 0 bridgehead atoms. The number of nitrogens with zero attached hydrogens (tertiary/aromatic N) is 2. The van der Waals surface area contributed by atoms with E-state index in [0.29, 0.717) is 0 Å². The lowest BCUT2D eigenvalue weighted by molar-refractivity contribution is 0.252. The number of primary amides is 1. The summed E-state index contributed by atoms with van der Waals surface area (Å²) in [6.45, 7) is 3.91. The van der Waals surface area contributed by atoms with Gasteiger partial charge in [-0.05, 0) is 43.7 Å². The van der Waals surface area contributed by atoms with Gasteiger partial charge in [-0.25, -0.2) is 4.79 Å². The Morgan fingerprint density at radius 1 is 1.21 bits per heavy atom. The summed E-state index contributed by atoms with van der Waals surface area (Å²) in [6.07, 6.45) is 1.82. The average molecular weight is 384 g/mol. The first-order valence-electron chi connectivity index (χ1n) is 7.67. The van der Waals surface area contributed by atoms with Gasteiger partial charge in [-0.1, -0.05) is 40.2 Å².